The van der Waals surface area contributed by atoms with Gasteiger partial charge in [0.25, 0.3) is 11.1 Å². The molecule has 1 amide bonds. The van der Waals surface area contributed by atoms with E-state index in [0.717, 1.165) is 39.0 Å². The molecule has 0 radical (unpaired) electrons. The molecule has 0 fully saturated rings. The van der Waals surface area contributed by atoms with Crippen LogP contribution < -0.4 is 4.90 Å². The topological polar surface area (TPSA) is 87.9 Å². The Kier molecular flexibility index (Phi) is 5.97. The number of anilines is 2. The number of aromatic amines is 1. The van der Waals surface area contributed by atoms with Crippen molar-refractivity contribution in [2.24, 2.45) is 0 Å². The molecule has 5 rings (SSSR count). The number of thiazole rings is 1. The Morgan fingerprint density at radius 3 is 2.68 bits per heavy atom. The number of para-hydroxylation sites is 1. The van der Waals surface area contributed by atoms with Gasteiger partial charge in [0.2, 0.25) is 5.91 Å². The molecule has 0 atom stereocenters. The van der Waals surface area contributed by atoms with Gasteiger partial charge in [0, 0.05) is 35.2 Å². The molecule has 2 aromatic carbocycles. The Labute approximate surface area is 205 Å². The second-order valence-corrected chi connectivity index (χ2v) is 9.90. The van der Waals surface area contributed by atoms with Crippen molar-refractivity contribution in [3.05, 3.63) is 70.4 Å². The Morgan fingerprint density at radius 2 is 1.91 bits per heavy atom. The predicted octanol–water partition coefficient (Wildman–Crippen LogP) is 6.58. The average Bonchev–Trinajstić information content (AvgIpc) is 3.53. The minimum absolute atomic E-state index is 0.0659. The number of hydrogen-bond acceptors (Lipinski definition) is 7. The number of aromatic nitrogens is 4. The molecule has 0 aliphatic carbocycles. The van der Waals surface area contributed by atoms with Crippen LogP contribution in [-0.4, -0.2) is 26.1 Å². The third-order valence-corrected chi connectivity index (χ3v) is 7.20. The van der Waals surface area contributed by atoms with Crippen LogP contribution in [0.4, 0.5) is 10.8 Å². The first-order valence-electron chi connectivity index (χ1n) is 10.8. The van der Waals surface area contributed by atoms with Crippen molar-refractivity contribution < 1.29 is 9.21 Å². The second-order valence-electron chi connectivity index (χ2n) is 8.13. The lowest BCUT2D eigenvalue weighted by Crippen LogP contribution is -2.24. The Hall–Kier alpha value is -3.43. The van der Waals surface area contributed by atoms with Crippen molar-refractivity contribution in [2.75, 3.05) is 4.90 Å². The number of nitrogens with one attached hydrogen (secondary N) is 1. The lowest BCUT2D eigenvalue weighted by molar-refractivity contribution is -0.115. The Bertz CT molecular complexity index is 1480. The fraction of sp³-hybridized carbons (Fsp3) is 0.200. The Morgan fingerprint density at radius 1 is 1.15 bits per heavy atom. The van der Waals surface area contributed by atoms with E-state index in [1.165, 1.54) is 28.7 Å². The summed E-state index contributed by atoms with van der Waals surface area (Å²) in [7, 11) is 0. The van der Waals surface area contributed by atoms with E-state index in [-0.39, 0.29) is 5.91 Å². The maximum absolute atomic E-state index is 12.6. The van der Waals surface area contributed by atoms with Crippen molar-refractivity contribution in [1.82, 2.24) is 20.2 Å². The lowest BCUT2D eigenvalue weighted by Gasteiger charge is -2.23. The molecule has 0 unspecified atom stereocenters. The van der Waals surface area contributed by atoms with Crippen LogP contribution in [0.2, 0.25) is 0 Å². The van der Waals surface area contributed by atoms with Gasteiger partial charge in [-0.2, -0.15) is 0 Å². The van der Waals surface area contributed by atoms with Gasteiger partial charge < -0.3 is 9.40 Å². The number of carbonyl (C=O) groups excluding carboxylic acids is 1. The minimum Gasteiger partial charge on any atom is -0.411 e. The van der Waals surface area contributed by atoms with Gasteiger partial charge in [0.15, 0.2) is 5.13 Å². The highest BCUT2D eigenvalue weighted by molar-refractivity contribution is 7.98. The summed E-state index contributed by atoms with van der Waals surface area (Å²) in [6.07, 6.45) is 1.88. The van der Waals surface area contributed by atoms with Gasteiger partial charge in [-0.25, -0.2) is 4.98 Å². The van der Waals surface area contributed by atoms with E-state index in [9.17, 15) is 4.79 Å². The summed E-state index contributed by atoms with van der Waals surface area (Å²) in [5.74, 6) is 0.972. The SMILES string of the molecule is CC(=O)N(c1nc(CSc2nnc(-c3c[nH]c4ccccc34)o2)cs1)c1c(C)cc(C)cc1C. The molecule has 0 aliphatic heterocycles. The third-order valence-electron chi connectivity index (χ3n) is 5.47. The molecule has 0 spiro atoms. The summed E-state index contributed by atoms with van der Waals surface area (Å²) >= 11 is 2.88. The molecule has 0 aliphatic rings. The van der Waals surface area contributed by atoms with E-state index >= 15 is 0 Å². The fourth-order valence-corrected chi connectivity index (χ4v) is 5.77. The number of carbonyl (C=O) groups is 1. The van der Waals surface area contributed by atoms with Crippen molar-refractivity contribution in [3.8, 4) is 11.5 Å². The first kappa shape index (κ1) is 22.4. The Balaban J connectivity index is 1.34. The van der Waals surface area contributed by atoms with E-state index in [1.54, 1.807) is 11.8 Å². The molecule has 3 heterocycles. The highest BCUT2D eigenvalue weighted by Crippen LogP contribution is 2.36. The van der Waals surface area contributed by atoms with Crippen molar-refractivity contribution in [1.29, 1.82) is 0 Å². The molecule has 34 heavy (non-hydrogen) atoms. The molecule has 1 N–H and O–H groups in total. The van der Waals surface area contributed by atoms with Gasteiger partial charge in [-0.1, -0.05) is 47.7 Å². The highest BCUT2D eigenvalue weighted by Gasteiger charge is 2.22. The summed E-state index contributed by atoms with van der Waals surface area (Å²) in [4.78, 5) is 22.2. The van der Waals surface area contributed by atoms with Crippen LogP contribution in [-0.2, 0) is 10.5 Å². The van der Waals surface area contributed by atoms with Crippen LogP contribution in [0.25, 0.3) is 22.4 Å². The van der Waals surface area contributed by atoms with Crippen LogP contribution in [0.1, 0.15) is 29.3 Å². The number of rotatable bonds is 6. The van der Waals surface area contributed by atoms with E-state index in [1.807, 2.05) is 49.7 Å². The molecular formula is C25H23N5O2S2. The quantitative estimate of drug-likeness (QED) is 0.271. The molecular weight excluding hydrogens is 466 g/mol. The number of nitrogens with zero attached hydrogens (tertiary/aromatic N) is 4. The summed E-state index contributed by atoms with van der Waals surface area (Å²) in [6.45, 7) is 7.67. The van der Waals surface area contributed by atoms with Gasteiger partial charge in [-0.05, 0) is 38.0 Å². The smallest absolute Gasteiger partial charge is 0.277 e. The maximum Gasteiger partial charge on any atom is 0.277 e. The zero-order chi connectivity index (χ0) is 23.8. The first-order valence-corrected chi connectivity index (χ1v) is 12.6. The number of H-pyrrole nitrogens is 1. The number of benzene rings is 2. The monoisotopic (exact) mass is 489 g/mol. The third kappa shape index (κ3) is 4.24. The van der Waals surface area contributed by atoms with Crippen LogP contribution in [0.15, 0.2) is 57.6 Å². The number of fused-ring (bicyclic) bond motifs is 1. The molecule has 3 aromatic heterocycles. The molecule has 0 saturated heterocycles. The van der Waals surface area contributed by atoms with Crippen LogP contribution in [0.3, 0.4) is 0 Å². The standard InChI is InChI=1S/C25H23N5O2S2/c1-14-9-15(2)22(16(3)10-14)30(17(4)31)24-27-18(12-33-24)13-34-25-29-28-23(32-25)20-11-26-21-8-6-5-7-19(20)21/h5-12,26H,13H2,1-4H3. The lowest BCUT2D eigenvalue weighted by atomic mass is 10.0. The van der Waals surface area contributed by atoms with Gasteiger partial charge in [0.1, 0.15) is 0 Å². The largest absolute Gasteiger partial charge is 0.411 e. The summed E-state index contributed by atoms with van der Waals surface area (Å²) in [6, 6.07) is 12.2. The van der Waals surface area contributed by atoms with E-state index < -0.39 is 0 Å². The van der Waals surface area contributed by atoms with Gasteiger partial charge >= 0.3 is 0 Å². The van der Waals surface area contributed by atoms with E-state index in [2.05, 4.69) is 34.2 Å². The first-order chi connectivity index (χ1) is 16.4. The van der Waals surface area contributed by atoms with E-state index in [0.29, 0.717) is 22.0 Å². The normalized spacial score (nSPS) is 11.3. The molecule has 0 bridgehead atoms. The molecule has 0 saturated carbocycles. The fourth-order valence-electron chi connectivity index (χ4n) is 4.14. The van der Waals surface area contributed by atoms with Crippen molar-refractivity contribution in [3.63, 3.8) is 0 Å². The summed E-state index contributed by atoms with van der Waals surface area (Å²) < 4.78 is 5.89. The number of hydrogen-bond donors (Lipinski definition) is 1. The minimum atomic E-state index is -0.0659. The zero-order valence-corrected chi connectivity index (χ0v) is 20.9. The van der Waals surface area contributed by atoms with Gasteiger partial charge in [-0.3, -0.25) is 9.69 Å². The second kappa shape index (κ2) is 9.08. The van der Waals surface area contributed by atoms with Gasteiger partial charge in [-0.15, -0.1) is 21.5 Å². The number of amides is 1. The van der Waals surface area contributed by atoms with Crippen LogP contribution in [0, 0.1) is 20.8 Å². The number of thioether (sulfide) groups is 1. The average molecular weight is 490 g/mol. The molecule has 5 aromatic rings. The number of aryl methyl sites for hydroxylation is 3. The molecule has 7 nitrogen and oxygen atoms in total. The van der Waals surface area contributed by atoms with Gasteiger partial charge in [0.05, 0.1) is 16.9 Å². The maximum atomic E-state index is 12.6. The summed E-state index contributed by atoms with van der Waals surface area (Å²) in [5, 5.41) is 12.5. The molecule has 172 valence electrons. The highest BCUT2D eigenvalue weighted by atomic mass is 32.2. The van der Waals surface area contributed by atoms with Crippen molar-refractivity contribution in [2.45, 2.75) is 38.7 Å². The van der Waals surface area contributed by atoms with E-state index in [4.69, 9.17) is 9.40 Å². The van der Waals surface area contributed by atoms with Crippen LogP contribution >= 0.6 is 23.1 Å². The zero-order valence-electron chi connectivity index (χ0n) is 19.2. The summed E-state index contributed by atoms with van der Waals surface area (Å²) in [5.41, 5.74) is 6.92. The van der Waals surface area contributed by atoms with Crippen LogP contribution in [0.5, 0.6) is 0 Å². The predicted molar refractivity (Wildman–Crippen MR) is 137 cm³/mol. The molecule has 9 heteroatoms. The van der Waals surface area contributed by atoms with Crippen molar-refractivity contribution >= 4 is 50.7 Å².